The quantitative estimate of drug-likeness (QED) is 0.659. The van der Waals surface area contributed by atoms with Crippen molar-refractivity contribution < 1.29 is 17.9 Å². The molecule has 1 N–H and O–H groups in total. The normalized spacial score (nSPS) is 15.6. The SMILES string of the molecule is Cc1ccc(C)c(OCCNC(=O)c2cc(S(=O)(=O)N3CCC(C)CC3)ccc2C)c1. The number of aryl methyl sites for hydroxylation is 3. The molecule has 7 heteroatoms. The third kappa shape index (κ3) is 5.66. The summed E-state index contributed by atoms with van der Waals surface area (Å²) in [6.07, 6.45) is 1.72. The maximum Gasteiger partial charge on any atom is 0.251 e. The van der Waals surface area contributed by atoms with Crippen molar-refractivity contribution in [2.75, 3.05) is 26.2 Å². The van der Waals surface area contributed by atoms with Gasteiger partial charge in [0, 0.05) is 18.7 Å². The summed E-state index contributed by atoms with van der Waals surface area (Å²) in [5, 5.41) is 2.84. The van der Waals surface area contributed by atoms with Crippen LogP contribution >= 0.6 is 0 Å². The van der Waals surface area contributed by atoms with Gasteiger partial charge in [0.1, 0.15) is 12.4 Å². The standard InChI is InChI=1S/C24H32N2O4S/c1-17-9-12-26(13-10-17)31(28,29)21-8-7-19(3)22(16-21)24(27)25-11-14-30-23-15-18(2)5-6-20(23)4/h5-8,15-17H,9-14H2,1-4H3,(H,25,27). The van der Waals surface area contributed by atoms with Crippen LogP contribution in [0, 0.1) is 26.7 Å². The van der Waals surface area contributed by atoms with Crippen LogP contribution in [0.4, 0.5) is 0 Å². The zero-order chi connectivity index (χ0) is 22.6. The molecule has 1 aliphatic rings. The number of rotatable bonds is 7. The van der Waals surface area contributed by atoms with Crippen molar-refractivity contribution in [1.82, 2.24) is 9.62 Å². The molecular weight excluding hydrogens is 412 g/mol. The van der Waals surface area contributed by atoms with Gasteiger partial charge in [-0.3, -0.25) is 4.79 Å². The molecular formula is C24H32N2O4S. The molecule has 0 aromatic heterocycles. The monoisotopic (exact) mass is 444 g/mol. The molecule has 1 fully saturated rings. The fourth-order valence-electron chi connectivity index (χ4n) is 3.66. The average Bonchev–Trinajstić information content (AvgIpc) is 2.74. The van der Waals surface area contributed by atoms with Crippen molar-refractivity contribution in [2.24, 2.45) is 5.92 Å². The van der Waals surface area contributed by atoms with E-state index in [0.29, 0.717) is 37.7 Å². The molecule has 0 spiro atoms. The van der Waals surface area contributed by atoms with Crippen molar-refractivity contribution in [2.45, 2.75) is 45.4 Å². The maximum atomic E-state index is 13.0. The molecule has 0 unspecified atom stereocenters. The van der Waals surface area contributed by atoms with Crippen LogP contribution in [0.15, 0.2) is 41.3 Å². The number of piperidine rings is 1. The Hall–Kier alpha value is -2.38. The summed E-state index contributed by atoms with van der Waals surface area (Å²) in [6, 6.07) is 10.8. The van der Waals surface area contributed by atoms with Crippen LogP contribution in [0.3, 0.4) is 0 Å². The Bertz CT molecular complexity index is 1040. The molecule has 6 nitrogen and oxygen atoms in total. The number of carbonyl (C=O) groups excluding carboxylic acids is 1. The lowest BCUT2D eigenvalue weighted by Crippen LogP contribution is -2.38. The van der Waals surface area contributed by atoms with Crippen LogP contribution in [0.25, 0.3) is 0 Å². The smallest absolute Gasteiger partial charge is 0.251 e. The van der Waals surface area contributed by atoms with Gasteiger partial charge in [-0.15, -0.1) is 0 Å². The highest BCUT2D eigenvalue weighted by atomic mass is 32.2. The van der Waals surface area contributed by atoms with Gasteiger partial charge in [0.15, 0.2) is 0 Å². The predicted molar refractivity (Wildman–Crippen MR) is 122 cm³/mol. The minimum Gasteiger partial charge on any atom is -0.491 e. The van der Waals surface area contributed by atoms with E-state index in [2.05, 4.69) is 12.2 Å². The highest BCUT2D eigenvalue weighted by molar-refractivity contribution is 7.89. The minimum absolute atomic E-state index is 0.171. The summed E-state index contributed by atoms with van der Waals surface area (Å²) in [4.78, 5) is 12.9. The Morgan fingerprint density at radius 3 is 2.45 bits per heavy atom. The average molecular weight is 445 g/mol. The van der Waals surface area contributed by atoms with E-state index in [1.54, 1.807) is 19.1 Å². The van der Waals surface area contributed by atoms with Crippen LogP contribution in [0.1, 0.15) is 46.8 Å². The first-order valence-electron chi connectivity index (χ1n) is 10.8. The number of sulfonamides is 1. The molecule has 2 aromatic carbocycles. The van der Waals surface area contributed by atoms with Gasteiger partial charge in [-0.05, 0) is 74.4 Å². The second kappa shape index (κ2) is 9.83. The van der Waals surface area contributed by atoms with Gasteiger partial charge in [-0.2, -0.15) is 4.31 Å². The van der Waals surface area contributed by atoms with Gasteiger partial charge in [0.25, 0.3) is 5.91 Å². The summed E-state index contributed by atoms with van der Waals surface area (Å²) in [6.45, 7) is 9.63. The zero-order valence-corrected chi connectivity index (χ0v) is 19.6. The number of benzene rings is 2. The molecule has 0 bridgehead atoms. The van der Waals surface area contributed by atoms with Crippen LogP contribution in [0.5, 0.6) is 5.75 Å². The summed E-state index contributed by atoms with van der Waals surface area (Å²) in [5.74, 6) is 1.04. The van der Waals surface area contributed by atoms with E-state index in [4.69, 9.17) is 4.74 Å². The van der Waals surface area contributed by atoms with Crippen LogP contribution in [0.2, 0.25) is 0 Å². The Kier molecular flexibility index (Phi) is 7.38. The van der Waals surface area contributed by atoms with E-state index >= 15 is 0 Å². The van der Waals surface area contributed by atoms with Gasteiger partial charge in [-0.25, -0.2) is 8.42 Å². The third-order valence-corrected chi connectivity index (χ3v) is 7.72. The molecule has 1 saturated heterocycles. The van der Waals surface area contributed by atoms with Crippen molar-refractivity contribution >= 4 is 15.9 Å². The third-order valence-electron chi connectivity index (χ3n) is 5.82. The van der Waals surface area contributed by atoms with Gasteiger partial charge >= 0.3 is 0 Å². The Morgan fingerprint density at radius 1 is 1.06 bits per heavy atom. The number of amides is 1. The fourth-order valence-corrected chi connectivity index (χ4v) is 5.16. The molecule has 0 radical (unpaired) electrons. The van der Waals surface area contributed by atoms with Crippen molar-refractivity contribution in [3.63, 3.8) is 0 Å². The first kappa shape index (κ1) is 23.3. The summed E-state index contributed by atoms with van der Waals surface area (Å²) >= 11 is 0. The summed E-state index contributed by atoms with van der Waals surface area (Å²) < 4.78 is 33.4. The van der Waals surface area contributed by atoms with Crippen LogP contribution in [-0.2, 0) is 10.0 Å². The van der Waals surface area contributed by atoms with E-state index < -0.39 is 10.0 Å². The van der Waals surface area contributed by atoms with E-state index in [1.807, 2.05) is 32.0 Å². The number of nitrogens with one attached hydrogen (secondary N) is 1. The van der Waals surface area contributed by atoms with Gasteiger partial charge in [-0.1, -0.05) is 25.1 Å². The molecule has 0 atom stereocenters. The highest BCUT2D eigenvalue weighted by Crippen LogP contribution is 2.25. The molecule has 2 aromatic rings. The molecule has 31 heavy (non-hydrogen) atoms. The molecule has 168 valence electrons. The van der Waals surface area contributed by atoms with Crippen LogP contribution < -0.4 is 10.1 Å². The second-order valence-electron chi connectivity index (χ2n) is 8.44. The lowest BCUT2D eigenvalue weighted by molar-refractivity contribution is 0.0946. The topological polar surface area (TPSA) is 75.7 Å². The molecule has 1 aliphatic heterocycles. The van der Waals surface area contributed by atoms with Gasteiger partial charge in [0.05, 0.1) is 11.4 Å². The fraction of sp³-hybridized carbons (Fsp3) is 0.458. The van der Waals surface area contributed by atoms with E-state index in [0.717, 1.165) is 35.3 Å². The first-order chi connectivity index (χ1) is 14.7. The second-order valence-corrected chi connectivity index (χ2v) is 10.4. The Morgan fingerprint density at radius 2 is 1.74 bits per heavy atom. The number of hydrogen-bond acceptors (Lipinski definition) is 4. The largest absolute Gasteiger partial charge is 0.491 e. The summed E-state index contributed by atoms with van der Waals surface area (Å²) in [7, 11) is -3.60. The molecule has 1 amide bonds. The van der Waals surface area contributed by atoms with Gasteiger partial charge in [0.2, 0.25) is 10.0 Å². The number of carbonyl (C=O) groups is 1. The lowest BCUT2D eigenvalue weighted by Gasteiger charge is -2.29. The van der Waals surface area contributed by atoms with Crippen molar-refractivity contribution in [3.05, 3.63) is 58.7 Å². The first-order valence-corrected chi connectivity index (χ1v) is 12.2. The van der Waals surface area contributed by atoms with E-state index in [9.17, 15) is 13.2 Å². The van der Waals surface area contributed by atoms with E-state index in [-0.39, 0.29) is 10.8 Å². The molecule has 1 heterocycles. The number of hydrogen-bond donors (Lipinski definition) is 1. The highest BCUT2D eigenvalue weighted by Gasteiger charge is 2.28. The lowest BCUT2D eigenvalue weighted by atomic mass is 10.0. The number of nitrogens with zero attached hydrogens (tertiary/aromatic N) is 1. The maximum absolute atomic E-state index is 13.0. The van der Waals surface area contributed by atoms with Gasteiger partial charge < -0.3 is 10.1 Å². The summed E-state index contributed by atoms with van der Waals surface area (Å²) in [5.41, 5.74) is 3.26. The van der Waals surface area contributed by atoms with E-state index in [1.165, 1.54) is 10.4 Å². The molecule has 3 rings (SSSR count). The van der Waals surface area contributed by atoms with Crippen molar-refractivity contribution in [3.8, 4) is 5.75 Å². The number of ether oxygens (including phenoxy) is 1. The predicted octanol–water partition coefficient (Wildman–Crippen LogP) is 3.84. The van der Waals surface area contributed by atoms with Crippen molar-refractivity contribution in [1.29, 1.82) is 0 Å². The molecule has 0 aliphatic carbocycles. The Balaban J connectivity index is 1.64. The molecule has 0 saturated carbocycles. The Labute approximate surface area is 185 Å². The van der Waals surface area contributed by atoms with Crippen LogP contribution in [-0.4, -0.2) is 44.9 Å². The zero-order valence-electron chi connectivity index (χ0n) is 18.8. The minimum atomic E-state index is -3.60.